The second-order valence-electron chi connectivity index (χ2n) is 6.98. The number of likely N-dealkylation sites (N-methyl/N-ethyl adjacent to an activating group) is 1. The molecule has 4 N–H and O–H groups in total. The van der Waals surface area contributed by atoms with Gasteiger partial charge in [-0.15, -0.1) is 0 Å². The Kier molecular flexibility index (Phi) is 20.6. The third kappa shape index (κ3) is 19.0. The summed E-state index contributed by atoms with van der Waals surface area (Å²) < 4.78 is 0. The van der Waals surface area contributed by atoms with Crippen LogP contribution in [0.15, 0.2) is 12.2 Å². The quantitative estimate of drug-likeness (QED) is 0.252. The van der Waals surface area contributed by atoms with Gasteiger partial charge in [-0.05, 0) is 32.1 Å². The highest BCUT2D eigenvalue weighted by atomic mass is 16.4. The lowest BCUT2D eigenvalue weighted by Gasteiger charge is -2.14. The van der Waals surface area contributed by atoms with Gasteiger partial charge < -0.3 is 16.2 Å². The topological polar surface area (TPSA) is 92.6 Å². The van der Waals surface area contributed by atoms with Gasteiger partial charge in [-0.25, -0.2) is 0 Å². The Morgan fingerprint density at radius 2 is 1.27 bits per heavy atom. The standard InChI is InChI=1S/C21H39NO3.H3N/c1-3-4-5-6-7-8-9-10-11-12-13-14-15-16-17-18-20(23)22(2)19-21(24)25;/h10-11H,3-9,12-19H2,1-2H3,(H,24,25);1H3/b11-10-;. The van der Waals surface area contributed by atoms with Gasteiger partial charge in [0, 0.05) is 13.5 Å². The fourth-order valence-electron chi connectivity index (χ4n) is 2.83. The second kappa shape index (κ2) is 20.0. The first kappa shape index (κ1) is 26.9. The van der Waals surface area contributed by atoms with Crippen LogP contribution in [0.2, 0.25) is 0 Å². The molecule has 0 aromatic rings. The van der Waals surface area contributed by atoms with Crippen LogP contribution in [-0.2, 0) is 9.59 Å². The Morgan fingerprint density at radius 1 is 0.808 bits per heavy atom. The fourth-order valence-corrected chi connectivity index (χ4v) is 2.83. The predicted molar refractivity (Wildman–Crippen MR) is 110 cm³/mol. The normalized spacial score (nSPS) is 10.7. The van der Waals surface area contributed by atoms with Crippen LogP contribution in [0.3, 0.4) is 0 Å². The number of nitrogens with zero attached hydrogens (tertiary/aromatic N) is 1. The molecule has 0 radical (unpaired) electrons. The summed E-state index contributed by atoms with van der Waals surface area (Å²) in [4.78, 5) is 23.5. The minimum atomic E-state index is -0.958. The summed E-state index contributed by atoms with van der Waals surface area (Å²) in [5, 5.41) is 8.64. The van der Waals surface area contributed by atoms with Crippen molar-refractivity contribution in [2.24, 2.45) is 0 Å². The van der Waals surface area contributed by atoms with E-state index in [1.807, 2.05) is 0 Å². The molecule has 0 aromatic heterocycles. The molecule has 0 aliphatic carbocycles. The zero-order chi connectivity index (χ0) is 18.8. The summed E-state index contributed by atoms with van der Waals surface area (Å²) in [6, 6.07) is 0. The van der Waals surface area contributed by atoms with Gasteiger partial charge in [0.25, 0.3) is 0 Å². The van der Waals surface area contributed by atoms with Crippen LogP contribution in [0.1, 0.15) is 96.8 Å². The van der Waals surface area contributed by atoms with E-state index in [1.54, 1.807) is 7.05 Å². The number of unbranched alkanes of at least 4 members (excludes halogenated alkanes) is 11. The summed E-state index contributed by atoms with van der Waals surface area (Å²) in [7, 11) is 1.55. The molecule has 0 heterocycles. The van der Waals surface area contributed by atoms with Gasteiger partial charge in [-0.2, -0.15) is 0 Å². The monoisotopic (exact) mass is 370 g/mol. The summed E-state index contributed by atoms with van der Waals surface area (Å²) in [6.45, 7) is 2.05. The molecule has 0 aliphatic heterocycles. The van der Waals surface area contributed by atoms with Crippen LogP contribution in [0.4, 0.5) is 0 Å². The van der Waals surface area contributed by atoms with Crippen LogP contribution in [0, 0.1) is 0 Å². The van der Waals surface area contributed by atoms with Crippen molar-refractivity contribution in [1.29, 1.82) is 0 Å². The average molecular weight is 371 g/mol. The molecular weight excluding hydrogens is 328 g/mol. The minimum Gasteiger partial charge on any atom is -0.480 e. The van der Waals surface area contributed by atoms with E-state index in [0.29, 0.717) is 6.42 Å². The highest BCUT2D eigenvalue weighted by Gasteiger charge is 2.10. The molecule has 0 rings (SSSR count). The van der Waals surface area contributed by atoms with E-state index < -0.39 is 5.97 Å². The van der Waals surface area contributed by atoms with Crippen molar-refractivity contribution in [2.45, 2.75) is 96.8 Å². The number of amides is 1. The lowest BCUT2D eigenvalue weighted by molar-refractivity contribution is -0.143. The van der Waals surface area contributed by atoms with E-state index >= 15 is 0 Å². The van der Waals surface area contributed by atoms with E-state index in [-0.39, 0.29) is 18.6 Å². The molecule has 0 aliphatic rings. The van der Waals surface area contributed by atoms with E-state index in [0.717, 1.165) is 25.7 Å². The maximum Gasteiger partial charge on any atom is 0.323 e. The fraction of sp³-hybridized carbons (Fsp3) is 0.810. The molecule has 26 heavy (non-hydrogen) atoms. The lowest BCUT2D eigenvalue weighted by Crippen LogP contribution is -2.31. The van der Waals surface area contributed by atoms with Gasteiger partial charge in [0.05, 0.1) is 0 Å². The van der Waals surface area contributed by atoms with Gasteiger partial charge in [0.2, 0.25) is 5.91 Å². The first-order valence-corrected chi connectivity index (χ1v) is 10.2. The first-order chi connectivity index (χ1) is 12.1. The molecule has 5 nitrogen and oxygen atoms in total. The molecule has 0 saturated heterocycles. The number of rotatable bonds is 17. The van der Waals surface area contributed by atoms with Gasteiger partial charge in [-0.1, -0.05) is 70.4 Å². The number of carbonyl (C=O) groups is 2. The first-order valence-electron chi connectivity index (χ1n) is 10.2. The van der Waals surface area contributed by atoms with Crippen LogP contribution < -0.4 is 6.15 Å². The Balaban J connectivity index is 0. The molecule has 0 spiro atoms. The number of carboxylic acids is 1. The van der Waals surface area contributed by atoms with Crippen molar-refractivity contribution in [3.05, 3.63) is 12.2 Å². The number of carboxylic acid groups (broad SMARTS) is 1. The number of hydrogen-bond donors (Lipinski definition) is 2. The summed E-state index contributed by atoms with van der Waals surface area (Å²) in [6.07, 6.45) is 21.1. The SMILES string of the molecule is CCCCCCCC/C=C\CCCCCCCC(=O)N(C)CC(=O)O.N. The van der Waals surface area contributed by atoms with Crippen LogP contribution >= 0.6 is 0 Å². The zero-order valence-electron chi connectivity index (χ0n) is 17.2. The van der Waals surface area contributed by atoms with E-state index in [1.165, 1.54) is 62.7 Å². The third-order valence-corrected chi connectivity index (χ3v) is 4.45. The van der Waals surface area contributed by atoms with Crippen molar-refractivity contribution in [3.63, 3.8) is 0 Å². The Bertz CT molecular complexity index is 370. The number of hydrogen-bond acceptors (Lipinski definition) is 3. The maximum atomic E-state index is 11.7. The Morgan fingerprint density at radius 3 is 1.77 bits per heavy atom. The van der Waals surface area contributed by atoms with E-state index in [9.17, 15) is 9.59 Å². The maximum absolute atomic E-state index is 11.7. The second-order valence-corrected chi connectivity index (χ2v) is 6.98. The summed E-state index contributed by atoms with van der Waals surface area (Å²) >= 11 is 0. The van der Waals surface area contributed by atoms with Crippen LogP contribution in [-0.4, -0.2) is 35.5 Å². The molecule has 0 fully saturated rings. The zero-order valence-corrected chi connectivity index (χ0v) is 17.2. The van der Waals surface area contributed by atoms with E-state index in [4.69, 9.17) is 5.11 Å². The third-order valence-electron chi connectivity index (χ3n) is 4.45. The Hall–Kier alpha value is -1.36. The number of carbonyl (C=O) groups excluding carboxylic acids is 1. The number of allylic oxidation sites excluding steroid dienone is 2. The van der Waals surface area contributed by atoms with Crippen molar-refractivity contribution < 1.29 is 14.7 Å². The minimum absolute atomic E-state index is 0. The van der Waals surface area contributed by atoms with Gasteiger partial charge in [0.15, 0.2) is 0 Å². The summed E-state index contributed by atoms with van der Waals surface area (Å²) in [5.74, 6) is -1.03. The highest BCUT2D eigenvalue weighted by molar-refractivity contribution is 5.80. The summed E-state index contributed by atoms with van der Waals surface area (Å²) in [5.41, 5.74) is 0. The molecule has 5 heteroatoms. The van der Waals surface area contributed by atoms with E-state index in [2.05, 4.69) is 19.1 Å². The van der Waals surface area contributed by atoms with Gasteiger partial charge in [-0.3, -0.25) is 9.59 Å². The van der Waals surface area contributed by atoms with Gasteiger partial charge in [0.1, 0.15) is 6.54 Å². The average Bonchev–Trinajstić information content (AvgIpc) is 2.57. The van der Waals surface area contributed by atoms with Crippen LogP contribution in [0.5, 0.6) is 0 Å². The smallest absolute Gasteiger partial charge is 0.323 e. The molecular formula is C21H42N2O3. The largest absolute Gasteiger partial charge is 0.480 e. The molecule has 0 bridgehead atoms. The lowest BCUT2D eigenvalue weighted by atomic mass is 10.1. The van der Waals surface area contributed by atoms with Gasteiger partial charge >= 0.3 is 5.97 Å². The molecule has 0 saturated carbocycles. The molecule has 154 valence electrons. The molecule has 1 amide bonds. The molecule has 0 aromatic carbocycles. The molecule has 0 atom stereocenters. The predicted octanol–water partition coefficient (Wildman–Crippen LogP) is 5.73. The Labute approximate surface area is 160 Å². The molecule has 0 unspecified atom stereocenters. The van der Waals surface area contributed by atoms with Crippen molar-refractivity contribution in [3.8, 4) is 0 Å². The highest BCUT2D eigenvalue weighted by Crippen LogP contribution is 2.10. The number of aliphatic carboxylic acids is 1. The van der Waals surface area contributed by atoms with Crippen LogP contribution in [0.25, 0.3) is 0 Å². The van der Waals surface area contributed by atoms with Crippen molar-refractivity contribution in [2.75, 3.05) is 13.6 Å². The van der Waals surface area contributed by atoms with Crippen molar-refractivity contribution >= 4 is 11.9 Å². The van der Waals surface area contributed by atoms with Crippen molar-refractivity contribution in [1.82, 2.24) is 11.1 Å².